The van der Waals surface area contributed by atoms with Crippen LogP contribution in [-0.4, -0.2) is 15.9 Å². The van der Waals surface area contributed by atoms with Gasteiger partial charge in [0.1, 0.15) is 5.69 Å². The first-order chi connectivity index (χ1) is 12.4. The highest BCUT2D eigenvalue weighted by Crippen LogP contribution is 2.26. The second-order valence-electron chi connectivity index (χ2n) is 5.72. The molecule has 1 aromatic heterocycles. The van der Waals surface area contributed by atoms with Crippen molar-refractivity contribution in [3.8, 4) is 0 Å². The Labute approximate surface area is 161 Å². The number of nitrogens with zero attached hydrogens (tertiary/aromatic N) is 2. The van der Waals surface area contributed by atoms with Crippen LogP contribution in [0, 0.1) is 13.8 Å². The summed E-state index contributed by atoms with van der Waals surface area (Å²) in [4.78, 5) is 20.9. The van der Waals surface area contributed by atoms with Gasteiger partial charge in [0.15, 0.2) is 0 Å². The van der Waals surface area contributed by atoms with Crippen LogP contribution in [0.25, 0.3) is 0 Å². The summed E-state index contributed by atoms with van der Waals surface area (Å²) < 4.78 is 0. The van der Waals surface area contributed by atoms with E-state index in [1.165, 1.54) is 12.3 Å². The summed E-state index contributed by atoms with van der Waals surface area (Å²) in [5.74, 6) is -0.0656. The largest absolute Gasteiger partial charge is 0.324 e. The molecule has 0 spiro atoms. The number of carbonyl (C=O) groups is 1. The standard InChI is InChI=1S/C19H16Cl2N4O/c1-11-4-3-5-15(12(11)2)24-19-22-9-8-16(25-19)18(26)23-17-10-13(20)6-7-14(17)21/h3-10H,1-2H3,(H,23,26)(H,22,24,25). The minimum atomic E-state index is -0.402. The van der Waals surface area contributed by atoms with Crippen molar-refractivity contribution in [1.82, 2.24) is 9.97 Å². The summed E-state index contributed by atoms with van der Waals surface area (Å²) >= 11 is 12.0. The van der Waals surface area contributed by atoms with Gasteiger partial charge < -0.3 is 10.6 Å². The first-order valence-corrected chi connectivity index (χ1v) is 8.62. The van der Waals surface area contributed by atoms with Gasteiger partial charge in [-0.1, -0.05) is 35.3 Å². The molecule has 26 heavy (non-hydrogen) atoms. The van der Waals surface area contributed by atoms with E-state index in [2.05, 4.69) is 20.6 Å². The van der Waals surface area contributed by atoms with Gasteiger partial charge in [-0.3, -0.25) is 4.79 Å². The van der Waals surface area contributed by atoms with Gasteiger partial charge in [-0.2, -0.15) is 0 Å². The quantitative estimate of drug-likeness (QED) is 0.629. The first kappa shape index (κ1) is 18.2. The van der Waals surface area contributed by atoms with E-state index < -0.39 is 5.91 Å². The molecule has 2 N–H and O–H groups in total. The number of hydrogen-bond acceptors (Lipinski definition) is 4. The summed E-state index contributed by atoms with van der Waals surface area (Å²) in [5, 5.41) is 6.72. The molecule has 3 rings (SSSR count). The van der Waals surface area contributed by atoms with Crippen molar-refractivity contribution in [3.63, 3.8) is 0 Å². The van der Waals surface area contributed by atoms with E-state index in [0.717, 1.165) is 16.8 Å². The SMILES string of the molecule is Cc1cccc(Nc2nccc(C(=O)Nc3cc(Cl)ccc3Cl)n2)c1C. The van der Waals surface area contributed by atoms with Crippen LogP contribution in [0.4, 0.5) is 17.3 Å². The molecule has 0 radical (unpaired) electrons. The van der Waals surface area contributed by atoms with Crippen LogP contribution < -0.4 is 10.6 Å². The topological polar surface area (TPSA) is 66.9 Å². The molecule has 0 atom stereocenters. The Morgan fingerprint density at radius 3 is 2.65 bits per heavy atom. The highest BCUT2D eigenvalue weighted by atomic mass is 35.5. The Balaban J connectivity index is 1.81. The van der Waals surface area contributed by atoms with Crippen molar-refractivity contribution in [2.24, 2.45) is 0 Å². The van der Waals surface area contributed by atoms with E-state index >= 15 is 0 Å². The van der Waals surface area contributed by atoms with Gasteiger partial charge in [-0.05, 0) is 55.3 Å². The third-order valence-corrected chi connectivity index (χ3v) is 4.48. The molecule has 0 saturated heterocycles. The van der Waals surface area contributed by atoms with E-state index in [9.17, 15) is 4.79 Å². The van der Waals surface area contributed by atoms with Crippen LogP contribution in [0.2, 0.25) is 10.0 Å². The van der Waals surface area contributed by atoms with Crippen LogP contribution in [0.1, 0.15) is 21.6 Å². The van der Waals surface area contributed by atoms with Crippen LogP contribution in [0.3, 0.4) is 0 Å². The van der Waals surface area contributed by atoms with E-state index in [4.69, 9.17) is 23.2 Å². The lowest BCUT2D eigenvalue weighted by molar-refractivity contribution is 0.102. The van der Waals surface area contributed by atoms with Crippen molar-refractivity contribution in [3.05, 3.63) is 75.5 Å². The van der Waals surface area contributed by atoms with E-state index in [1.807, 2.05) is 32.0 Å². The zero-order valence-electron chi connectivity index (χ0n) is 14.2. The number of benzene rings is 2. The summed E-state index contributed by atoms with van der Waals surface area (Å²) in [6, 6.07) is 12.3. The first-order valence-electron chi connectivity index (χ1n) is 7.87. The molecule has 0 aliphatic carbocycles. The molecule has 7 heteroatoms. The van der Waals surface area contributed by atoms with Gasteiger partial charge >= 0.3 is 0 Å². The number of amides is 1. The average molecular weight is 387 g/mol. The molecule has 5 nitrogen and oxygen atoms in total. The fraction of sp³-hybridized carbons (Fsp3) is 0.105. The van der Waals surface area contributed by atoms with Crippen LogP contribution in [0.15, 0.2) is 48.7 Å². The van der Waals surface area contributed by atoms with E-state index in [0.29, 0.717) is 21.7 Å². The van der Waals surface area contributed by atoms with Gasteiger partial charge in [0.25, 0.3) is 5.91 Å². The third-order valence-electron chi connectivity index (χ3n) is 3.92. The maximum atomic E-state index is 12.5. The zero-order valence-corrected chi connectivity index (χ0v) is 15.7. The van der Waals surface area contributed by atoms with Gasteiger partial charge in [-0.25, -0.2) is 9.97 Å². The Morgan fingerprint density at radius 2 is 1.85 bits per heavy atom. The number of nitrogens with one attached hydrogen (secondary N) is 2. The van der Waals surface area contributed by atoms with E-state index in [1.54, 1.807) is 18.2 Å². The van der Waals surface area contributed by atoms with Gasteiger partial charge in [0.2, 0.25) is 5.95 Å². The van der Waals surface area contributed by atoms with E-state index in [-0.39, 0.29) is 5.69 Å². The molecule has 132 valence electrons. The molecule has 0 unspecified atom stereocenters. The van der Waals surface area contributed by atoms with Crippen molar-refractivity contribution >= 4 is 46.4 Å². The molecular weight excluding hydrogens is 371 g/mol. The fourth-order valence-corrected chi connectivity index (χ4v) is 2.67. The summed E-state index contributed by atoms with van der Waals surface area (Å²) in [5.41, 5.74) is 3.77. The van der Waals surface area contributed by atoms with Crippen molar-refractivity contribution in [1.29, 1.82) is 0 Å². The zero-order chi connectivity index (χ0) is 18.7. The minimum Gasteiger partial charge on any atom is -0.324 e. The molecule has 2 aromatic carbocycles. The molecule has 0 bridgehead atoms. The van der Waals surface area contributed by atoms with Gasteiger partial charge in [0, 0.05) is 16.9 Å². The third kappa shape index (κ3) is 4.12. The number of anilines is 3. The highest BCUT2D eigenvalue weighted by molar-refractivity contribution is 6.35. The normalized spacial score (nSPS) is 10.5. The van der Waals surface area contributed by atoms with Crippen LogP contribution in [-0.2, 0) is 0 Å². The minimum absolute atomic E-state index is 0.212. The van der Waals surface area contributed by atoms with Crippen molar-refractivity contribution < 1.29 is 4.79 Å². The predicted molar refractivity (Wildman–Crippen MR) is 106 cm³/mol. The molecule has 1 amide bonds. The summed E-state index contributed by atoms with van der Waals surface area (Å²) in [6.07, 6.45) is 1.52. The molecule has 1 heterocycles. The predicted octanol–water partition coefficient (Wildman–Crippen LogP) is 5.40. The van der Waals surface area contributed by atoms with Crippen LogP contribution >= 0.6 is 23.2 Å². The summed E-state index contributed by atoms with van der Waals surface area (Å²) in [7, 11) is 0. The summed E-state index contributed by atoms with van der Waals surface area (Å²) in [6.45, 7) is 4.04. The lowest BCUT2D eigenvalue weighted by atomic mass is 10.1. The Bertz CT molecular complexity index is 976. The highest BCUT2D eigenvalue weighted by Gasteiger charge is 2.12. The molecule has 0 aliphatic rings. The number of rotatable bonds is 4. The molecule has 0 aliphatic heterocycles. The average Bonchev–Trinajstić information content (AvgIpc) is 2.62. The van der Waals surface area contributed by atoms with Gasteiger partial charge in [-0.15, -0.1) is 0 Å². The smallest absolute Gasteiger partial charge is 0.274 e. The number of aromatic nitrogens is 2. The van der Waals surface area contributed by atoms with Crippen molar-refractivity contribution in [2.75, 3.05) is 10.6 Å². The molecule has 0 saturated carbocycles. The Kier molecular flexibility index (Phi) is 5.40. The van der Waals surface area contributed by atoms with Crippen LogP contribution in [0.5, 0.6) is 0 Å². The number of halogens is 2. The maximum Gasteiger partial charge on any atom is 0.274 e. The second kappa shape index (κ2) is 7.72. The number of hydrogen-bond donors (Lipinski definition) is 2. The second-order valence-corrected chi connectivity index (χ2v) is 6.56. The molecule has 3 aromatic rings. The van der Waals surface area contributed by atoms with Gasteiger partial charge in [0.05, 0.1) is 10.7 Å². The number of carbonyl (C=O) groups excluding carboxylic acids is 1. The Morgan fingerprint density at radius 1 is 1.04 bits per heavy atom. The monoisotopic (exact) mass is 386 g/mol. The van der Waals surface area contributed by atoms with Crippen molar-refractivity contribution in [2.45, 2.75) is 13.8 Å². The fourth-order valence-electron chi connectivity index (χ4n) is 2.33. The number of aryl methyl sites for hydroxylation is 1. The molecule has 0 fully saturated rings. The lowest BCUT2D eigenvalue weighted by Crippen LogP contribution is -2.15. The maximum absolute atomic E-state index is 12.5. The molecular formula is C19H16Cl2N4O. The Hall–Kier alpha value is -2.63. The lowest BCUT2D eigenvalue weighted by Gasteiger charge is -2.11.